The van der Waals surface area contributed by atoms with E-state index < -0.39 is 0 Å². The fourth-order valence-electron chi connectivity index (χ4n) is 1.69. The van der Waals surface area contributed by atoms with E-state index in [1.54, 1.807) is 0 Å². The molecule has 0 aromatic heterocycles. The average Bonchev–Trinajstić information content (AvgIpc) is 2.47. The van der Waals surface area contributed by atoms with E-state index in [0.29, 0.717) is 13.3 Å². The van der Waals surface area contributed by atoms with E-state index in [1.165, 1.54) is 24.0 Å². The first-order chi connectivity index (χ1) is 9.78. The van der Waals surface area contributed by atoms with Gasteiger partial charge in [-0.2, -0.15) is 0 Å². The Morgan fingerprint density at radius 2 is 1.70 bits per heavy atom. The summed E-state index contributed by atoms with van der Waals surface area (Å²) in [6.45, 7) is 8.02. The van der Waals surface area contributed by atoms with Gasteiger partial charge in [-0.05, 0) is 43.7 Å². The predicted octanol–water partition coefficient (Wildman–Crippen LogP) is 2.15. The van der Waals surface area contributed by atoms with Crippen LogP contribution < -0.4 is 11.5 Å². The number of nitrogens with two attached hydrogens (primary N) is 2. The lowest BCUT2D eigenvalue weighted by Crippen LogP contribution is -2.05. The van der Waals surface area contributed by atoms with Gasteiger partial charge in [0, 0.05) is 6.54 Å². The topological polar surface area (TPSA) is 73.6 Å². The number of ether oxygens (including phenoxy) is 1. The highest BCUT2D eigenvalue weighted by molar-refractivity contribution is 5.23. The SMILES string of the molecule is C=NCCCOCN.CCCc1ccc(CCN)cc1. The molecule has 0 radical (unpaired) electrons. The molecule has 4 nitrogen and oxygen atoms in total. The number of benzene rings is 1. The fraction of sp³-hybridized carbons (Fsp3) is 0.562. The Morgan fingerprint density at radius 1 is 1.10 bits per heavy atom. The summed E-state index contributed by atoms with van der Waals surface area (Å²) in [7, 11) is 0. The molecule has 1 aromatic carbocycles. The first-order valence-electron chi connectivity index (χ1n) is 7.26. The summed E-state index contributed by atoms with van der Waals surface area (Å²) in [6.07, 6.45) is 4.31. The monoisotopic (exact) mass is 279 g/mol. The first-order valence-corrected chi connectivity index (χ1v) is 7.26. The van der Waals surface area contributed by atoms with Gasteiger partial charge in [0.1, 0.15) is 0 Å². The second-order valence-electron chi connectivity index (χ2n) is 4.48. The molecule has 114 valence electrons. The molecule has 0 fully saturated rings. The van der Waals surface area contributed by atoms with Crippen LogP contribution in [0.4, 0.5) is 0 Å². The van der Waals surface area contributed by atoms with E-state index in [2.05, 4.69) is 42.9 Å². The second-order valence-corrected chi connectivity index (χ2v) is 4.48. The maximum Gasteiger partial charge on any atom is 0.0940 e. The van der Waals surface area contributed by atoms with Crippen LogP contribution in [0.25, 0.3) is 0 Å². The number of aryl methyl sites for hydroxylation is 1. The van der Waals surface area contributed by atoms with Crippen LogP contribution in [0.15, 0.2) is 29.3 Å². The standard InChI is InChI=1S/C11H17N.C5H12N2O/c1-2-3-10-4-6-11(7-5-10)8-9-12;1-7-3-2-4-8-5-6/h4-7H,2-3,8-9,12H2,1H3;1-6H2. The maximum atomic E-state index is 5.46. The van der Waals surface area contributed by atoms with Gasteiger partial charge in [-0.25, -0.2) is 0 Å². The molecule has 0 aliphatic rings. The van der Waals surface area contributed by atoms with Crippen molar-refractivity contribution < 1.29 is 4.74 Å². The summed E-state index contributed by atoms with van der Waals surface area (Å²) in [5.41, 5.74) is 13.3. The number of hydrogen-bond donors (Lipinski definition) is 2. The second kappa shape index (κ2) is 14.2. The Bertz CT molecular complexity index is 300. The van der Waals surface area contributed by atoms with Gasteiger partial charge in [0.25, 0.3) is 0 Å². The Morgan fingerprint density at radius 3 is 2.15 bits per heavy atom. The van der Waals surface area contributed by atoms with Crippen molar-refractivity contribution in [2.75, 3.05) is 26.4 Å². The largest absolute Gasteiger partial charge is 0.366 e. The van der Waals surface area contributed by atoms with Crippen molar-refractivity contribution in [1.29, 1.82) is 0 Å². The van der Waals surface area contributed by atoms with Crippen LogP contribution in [0.2, 0.25) is 0 Å². The smallest absolute Gasteiger partial charge is 0.0940 e. The Labute approximate surface area is 123 Å². The molecule has 4 heteroatoms. The molecular weight excluding hydrogens is 250 g/mol. The molecule has 20 heavy (non-hydrogen) atoms. The maximum absolute atomic E-state index is 5.46. The molecule has 0 spiro atoms. The van der Waals surface area contributed by atoms with E-state index in [9.17, 15) is 0 Å². The Kier molecular flexibility index (Phi) is 13.3. The summed E-state index contributed by atoms with van der Waals surface area (Å²) < 4.78 is 4.83. The van der Waals surface area contributed by atoms with Crippen LogP contribution in [0.5, 0.6) is 0 Å². The minimum Gasteiger partial charge on any atom is -0.366 e. The molecule has 1 aromatic rings. The van der Waals surface area contributed by atoms with E-state index >= 15 is 0 Å². The van der Waals surface area contributed by atoms with Crippen molar-refractivity contribution in [3.63, 3.8) is 0 Å². The molecular formula is C16H29N3O. The Balaban J connectivity index is 0.000000396. The average molecular weight is 279 g/mol. The highest BCUT2D eigenvalue weighted by atomic mass is 16.5. The Hall–Kier alpha value is -1.23. The third kappa shape index (κ3) is 10.7. The molecule has 0 aliphatic heterocycles. The molecule has 0 amide bonds. The van der Waals surface area contributed by atoms with Crippen molar-refractivity contribution in [3.8, 4) is 0 Å². The predicted molar refractivity (Wildman–Crippen MR) is 87.2 cm³/mol. The van der Waals surface area contributed by atoms with Crippen LogP contribution in [0, 0.1) is 0 Å². The first kappa shape index (κ1) is 18.8. The third-order valence-corrected chi connectivity index (χ3v) is 2.72. The van der Waals surface area contributed by atoms with Crippen LogP contribution in [-0.2, 0) is 17.6 Å². The van der Waals surface area contributed by atoms with Crippen LogP contribution >= 0.6 is 0 Å². The van der Waals surface area contributed by atoms with Crippen molar-refractivity contribution >= 4 is 6.72 Å². The van der Waals surface area contributed by atoms with Gasteiger partial charge in [0.2, 0.25) is 0 Å². The zero-order valence-electron chi connectivity index (χ0n) is 12.7. The van der Waals surface area contributed by atoms with Crippen LogP contribution in [0.1, 0.15) is 30.9 Å². The molecule has 0 aliphatic carbocycles. The molecule has 0 bridgehead atoms. The number of hydrogen-bond acceptors (Lipinski definition) is 4. The van der Waals surface area contributed by atoms with Gasteiger partial charge in [-0.1, -0.05) is 37.6 Å². The number of nitrogens with zero attached hydrogens (tertiary/aromatic N) is 1. The lowest BCUT2D eigenvalue weighted by Gasteiger charge is -2.01. The zero-order valence-corrected chi connectivity index (χ0v) is 12.7. The van der Waals surface area contributed by atoms with Crippen molar-refractivity contribution in [3.05, 3.63) is 35.4 Å². The molecule has 0 saturated carbocycles. The quantitative estimate of drug-likeness (QED) is 0.413. The summed E-state index contributed by atoms with van der Waals surface area (Å²) >= 11 is 0. The number of aliphatic imine (C=N–C) groups is 1. The van der Waals surface area contributed by atoms with E-state index in [1.807, 2.05) is 0 Å². The van der Waals surface area contributed by atoms with Crippen molar-refractivity contribution in [1.82, 2.24) is 0 Å². The van der Waals surface area contributed by atoms with Gasteiger partial charge in [-0.15, -0.1) is 0 Å². The summed E-state index contributed by atoms with van der Waals surface area (Å²) in [6, 6.07) is 8.76. The van der Waals surface area contributed by atoms with Gasteiger partial charge >= 0.3 is 0 Å². The summed E-state index contributed by atoms with van der Waals surface area (Å²) in [4.78, 5) is 3.64. The molecule has 0 atom stereocenters. The lowest BCUT2D eigenvalue weighted by atomic mass is 10.1. The highest BCUT2D eigenvalue weighted by Gasteiger charge is 1.92. The fourth-order valence-corrected chi connectivity index (χ4v) is 1.69. The molecule has 1 rings (SSSR count). The van der Waals surface area contributed by atoms with Crippen molar-refractivity contribution in [2.45, 2.75) is 32.6 Å². The minimum atomic E-state index is 0.303. The molecule has 0 unspecified atom stereocenters. The van der Waals surface area contributed by atoms with Gasteiger partial charge in [0.15, 0.2) is 0 Å². The van der Waals surface area contributed by atoms with Crippen LogP contribution in [-0.4, -0.2) is 33.1 Å². The number of rotatable bonds is 9. The van der Waals surface area contributed by atoms with E-state index in [-0.39, 0.29) is 0 Å². The normalized spacial score (nSPS) is 9.75. The van der Waals surface area contributed by atoms with E-state index in [4.69, 9.17) is 16.2 Å². The van der Waals surface area contributed by atoms with E-state index in [0.717, 1.165) is 25.9 Å². The van der Waals surface area contributed by atoms with Gasteiger partial charge < -0.3 is 21.2 Å². The lowest BCUT2D eigenvalue weighted by molar-refractivity contribution is 0.140. The highest BCUT2D eigenvalue weighted by Crippen LogP contribution is 2.06. The third-order valence-electron chi connectivity index (χ3n) is 2.72. The van der Waals surface area contributed by atoms with Crippen molar-refractivity contribution in [2.24, 2.45) is 16.5 Å². The van der Waals surface area contributed by atoms with Crippen LogP contribution in [0.3, 0.4) is 0 Å². The molecule has 0 saturated heterocycles. The summed E-state index contributed by atoms with van der Waals surface area (Å²) in [5.74, 6) is 0. The van der Waals surface area contributed by atoms with Gasteiger partial charge in [-0.3, -0.25) is 0 Å². The molecule has 4 N–H and O–H groups in total. The van der Waals surface area contributed by atoms with Gasteiger partial charge in [0.05, 0.1) is 13.3 Å². The zero-order chi connectivity index (χ0) is 15.1. The molecule has 0 heterocycles. The minimum absolute atomic E-state index is 0.303. The summed E-state index contributed by atoms with van der Waals surface area (Å²) in [5, 5.41) is 0.